The lowest BCUT2D eigenvalue weighted by molar-refractivity contribution is 0.636. The van der Waals surface area contributed by atoms with Gasteiger partial charge in [0.25, 0.3) is 0 Å². The first-order valence-corrected chi connectivity index (χ1v) is 6.90. The zero-order valence-electron chi connectivity index (χ0n) is 10.8. The molecule has 0 aliphatic carbocycles. The van der Waals surface area contributed by atoms with Gasteiger partial charge < -0.3 is 5.32 Å². The molecule has 1 aromatic carbocycles. The molecule has 0 aliphatic rings. The van der Waals surface area contributed by atoms with Crippen LogP contribution in [0.2, 0.25) is 0 Å². The summed E-state index contributed by atoms with van der Waals surface area (Å²) in [6.45, 7) is 6.89. The second kappa shape index (κ2) is 5.22. The lowest BCUT2D eigenvalue weighted by Crippen LogP contribution is -2.05. The van der Waals surface area contributed by atoms with E-state index in [0.717, 1.165) is 39.8 Å². The van der Waals surface area contributed by atoms with Crippen LogP contribution in [0.25, 0.3) is 10.9 Å². The number of aromatic nitrogens is 1. The van der Waals surface area contributed by atoms with Gasteiger partial charge in [0.05, 0.1) is 0 Å². The predicted octanol–water partition coefficient (Wildman–Crippen LogP) is 4.44. The molecule has 0 amide bonds. The molecule has 96 valence electrons. The Morgan fingerprint density at radius 3 is 2.67 bits per heavy atom. The van der Waals surface area contributed by atoms with Crippen LogP contribution in [0.1, 0.15) is 25.1 Å². The van der Waals surface area contributed by atoms with Crippen LogP contribution in [-0.2, 0) is 6.42 Å². The minimum absolute atomic E-state index is 0.276. The second-order valence-corrected chi connectivity index (χ2v) is 5.05. The Bertz CT molecular complexity index is 596. The van der Waals surface area contributed by atoms with Gasteiger partial charge in [-0.15, -0.1) is 0 Å². The zero-order valence-corrected chi connectivity index (χ0v) is 12.4. The van der Waals surface area contributed by atoms with Crippen molar-refractivity contribution in [3.63, 3.8) is 0 Å². The zero-order chi connectivity index (χ0) is 13.3. The highest BCUT2D eigenvalue weighted by atomic mass is 79.9. The van der Waals surface area contributed by atoms with Gasteiger partial charge in [0, 0.05) is 27.8 Å². The van der Waals surface area contributed by atoms with Gasteiger partial charge in [-0.3, -0.25) is 0 Å². The summed E-state index contributed by atoms with van der Waals surface area (Å²) >= 11 is 3.49. The van der Waals surface area contributed by atoms with Crippen LogP contribution in [-0.4, -0.2) is 11.5 Å². The minimum Gasteiger partial charge on any atom is -0.384 e. The van der Waals surface area contributed by atoms with E-state index < -0.39 is 0 Å². The van der Waals surface area contributed by atoms with Crippen LogP contribution in [0, 0.1) is 12.7 Å². The average Bonchev–Trinajstić information content (AvgIpc) is 2.36. The summed E-state index contributed by atoms with van der Waals surface area (Å²) in [5.41, 5.74) is 3.45. The maximum absolute atomic E-state index is 13.9. The van der Waals surface area contributed by atoms with Crippen LogP contribution in [0.4, 0.5) is 10.1 Å². The SMILES string of the molecule is CCNc1c(C)c(CC)nc2c(F)ccc(Br)c12. The fourth-order valence-electron chi connectivity index (χ4n) is 2.18. The molecule has 2 nitrogen and oxygen atoms in total. The molecule has 0 unspecified atom stereocenters. The van der Waals surface area contributed by atoms with Gasteiger partial charge >= 0.3 is 0 Å². The van der Waals surface area contributed by atoms with Gasteiger partial charge in [-0.05, 0) is 38.0 Å². The van der Waals surface area contributed by atoms with Gasteiger partial charge in [0.2, 0.25) is 0 Å². The van der Waals surface area contributed by atoms with E-state index >= 15 is 0 Å². The maximum Gasteiger partial charge on any atom is 0.149 e. The predicted molar refractivity (Wildman–Crippen MR) is 77.7 cm³/mol. The molecule has 4 heteroatoms. The van der Waals surface area contributed by atoms with Crippen molar-refractivity contribution in [2.45, 2.75) is 27.2 Å². The molecular weight excluding hydrogens is 295 g/mol. The molecule has 0 spiro atoms. The number of hydrogen-bond donors (Lipinski definition) is 1. The quantitative estimate of drug-likeness (QED) is 0.906. The number of rotatable bonds is 3. The van der Waals surface area contributed by atoms with Crippen molar-refractivity contribution in [1.29, 1.82) is 0 Å². The molecule has 18 heavy (non-hydrogen) atoms. The van der Waals surface area contributed by atoms with Crippen LogP contribution in [0.15, 0.2) is 16.6 Å². The Hall–Kier alpha value is -1.16. The third kappa shape index (κ3) is 2.09. The summed E-state index contributed by atoms with van der Waals surface area (Å²) in [6.07, 6.45) is 0.798. The summed E-state index contributed by atoms with van der Waals surface area (Å²) in [6, 6.07) is 3.18. The first-order chi connectivity index (χ1) is 8.60. The van der Waals surface area contributed by atoms with Crippen molar-refractivity contribution < 1.29 is 4.39 Å². The fraction of sp³-hybridized carbons (Fsp3) is 0.357. The maximum atomic E-state index is 13.9. The highest BCUT2D eigenvalue weighted by Crippen LogP contribution is 2.35. The molecule has 2 aromatic rings. The Morgan fingerprint density at radius 1 is 1.33 bits per heavy atom. The Morgan fingerprint density at radius 2 is 2.06 bits per heavy atom. The summed E-state index contributed by atoms with van der Waals surface area (Å²) in [4.78, 5) is 4.45. The van der Waals surface area contributed by atoms with E-state index in [1.807, 2.05) is 20.8 Å². The van der Waals surface area contributed by atoms with Crippen molar-refractivity contribution in [3.05, 3.63) is 33.7 Å². The minimum atomic E-state index is -0.276. The van der Waals surface area contributed by atoms with Gasteiger partial charge in [-0.25, -0.2) is 9.37 Å². The molecule has 2 rings (SSSR count). The van der Waals surface area contributed by atoms with E-state index in [9.17, 15) is 4.39 Å². The molecule has 0 radical (unpaired) electrons. The van der Waals surface area contributed by atoms with Gasteiger partial charge in [0.15, 0.2) is 0 Å². The number of hydrogen-bond acceptors (Lipinski definition) is 2. The summed E-state index contributed by atoms with van der Waals surface area (Å²) in [7, 11) is 0. The number of halogens is 2. The van der Waals surface area contributed by atoms with Gasteiger partial charge in [-0.2, -0.15) is 0 Å². The number of fused-ring (bicyclic) bond motifs is 1. The molecule has 0 saturated heterocycles. The third-order valence-electron chi connectivity index (χ3n) is 3.07. The second-order valence-electron chi connectivity index (χ2n) is 4.20. The lowest BCUT2D eigenvalue weighted by Gasteiger charge is -2.16. The van der Waals surface area contributed by atoms with Crippen molar-refractivity contribution in [2.24, 2.45) is 0 Å². The summed E-state index contributed by atoms with van der Waals surface area (Å²) in [5.74, 6) is -0.276. The number of aryl methyl sites for hydroxylation is 1. The molecule has 1 aromatic heterocycles. The van der Waals surface area contributed by atoms with Gasteiger partial charge in [0.1, 0.15) is 11.3 Å². The van der Waals surface area contributed by atoms with E-state index in [0.29, 0.717) is 5.52 Å². The smallest absolute Gasteiger partial charge is 0.149 e. The van der Waals surface area contributed by atoms with Crippen molar-refractivity contribution in [2.75, 3.05) is 11.9 Å². The van der Waals surface area contributed by atoms with Crippen molar-refractivity contribution in [1.82, 2.24) is 4.98 Å². The van der Waals surface area contributed by atoms with Gasteiger partial charge in [-0.1, -0.05) is 22.9 Å². The number of pyridine rings is 1. The highest BCUT2D eigenvalue weighted by molar-refractivity contribution is 9.10. The van der Waals surface area contributed by atoms with Crippen LogP contribution >= 0.6 is 15.9 Å². The molecule has 1 heterocycles. The monoisotopic (exact) mass is 310 g/mol. The molecule has 0 aliphatic heterocycles. The topological polar surface area (TPSA) is 24.9 Å². The average molecular weight is 311 g/mol. The van der Waals surface area contributed by atoms with E-state index in [1.165, 1.54) is 6.07 Å². The first-order valence-electron chi connectivity index (χ1n) is 6.11. The van der Waals surface area contributed by atoms with E-state index in [-0.39, 0.29) is 5.82 Å². The number of benzene rings is 1. The molecule has 0 fully saturated rings. The third-order valence-corrected chi connectivity index (χ3v) is 3.73. The molecule has 0 atom stereocenters. The Kier molecular flexibility index (Phi) is 3.85. The largest absolute Gasteiger partial charge is 0.384 e. The van der Waals surface area contributed by atoms with E-state index in [1.54, 1.807) is 6.07 Å². The summed E-state index contributed by atoms with van der Waals surface area (Å²) < 4.78 is 14.8. The molecule has 1 N–H and O–H groups in total. The normalized spacial score (nSPS) is 10.9. The van der Waals surface area contributed by atoms with E-state index in [2.05, 4.69) is 26.2 Å². The molecule has 0 saturated carbocycles. The number of anilines is 1. The molecular formula is C14H16BrFN2. The number of nitrogens with one attached hydrogen (secondary N) is 1. The van der Waals surface area contributed by atoms with Crippen LogP contribution in [0.3, 0.4) is 0 Å². The standard InChI is InChI=1S/C14H16BrFN2/c1-4-11-8(3)13(17-5-2)12-9(15)6-7-10(16)14(12)18-11/h6-7H,4-5H2,1-3H3,(H,17,18). The van der Waals surface area contributed by atoms with Crippen molar-refractivity contribution >= 4 is 32.5 Å². The highest BCUT2D eigenvalue weighted by Gasteiger charge is 2.15. The summed E-state index contributed by atoms with van der Waals surface area (Å²) in [5, 5.41) is 4.15. The number of nitrogens with zero attached hydrogens (tertiary/aromatic N) is 1. The molecule has 0 bridgehead atoms. The first kappa shape index (κ1) is 13.3. The lowest BCUT2D eigenvalue weighted by atomic mass is 10.0. The van der Waals surface area contributed by atoms with Crippen LogP contribution < -0.4 is 5.32 Å². The fourth-order valence-corrected chi connectivity index (χ4v) is 2.70. The Balaban J connectivity index is 2.90. The van der Waals surface area contributed by atoms with Crippen LogP contribution in [0.5, 0.6) is 0 Å². The van der Waals surface area contributed by atoms with Crippen molar-refractivity contribution in [3.8, 4) is 0 Å². The Labute approximate surface area is 115 Å². The van der Waals surface area contributed by atoms with E-state index in [4.69, 9.17) is 0 Å².